The molecule has 14 heteroatoms. The van der Waals surface area contributed by atoms with Crippen LogP contribution in [-0.2, 0) is 35.7 Å². The Bertz CT molecular complexity index is 1720. The maximum atomic E-state index is 14.5. The van der Waals surface area contributed by atoms with Gasteiger partial charge in [0, 0.05) is 36.8 Å². The van der Waals surface area contributed by atoms with E-state index in [2.05, 4.69) is 10.0 Å². The molecule has 0 spiro atoms. The lowest BCUT2D eigenvalue weighted by Crippen LogP contribution is -2.62. The quantitative estimate of drug-likeness (QED) is 0.301. The van der Waals surface area contributed by atoms with E-state index < -0.39 is 45.7 Å². The van der Waals surface area contributed by atoms with Crippen LogP contribution in [0.3, 0.4) is 0 Å². The van der Waals surface area contributed by atoms with Gasteiger partial charge in [-0.1, -0.05) is 74.4 Å². The Kier molecular flexibility index (Phi) is 10.7. The molecular weight excluding hydrogens is 668 g/mol. The summed E-state index contributed by atoms with van der Waals surface area (Å²) < 4.78 is 28.3. The number of hydrogen-bond donors (Lipinski definition) is 3. The molecule has 3 atom stereocenters. The average molecular weight is 711 g/mol. The molecule has 1 unspecified atom stereocenters. The number of primary amides is 1. The fourth-order valence-corrected chi connectivity index (χ4v) is 8.75. The molecule has 2 saturated carbocycles. The van der Waals surface area contributed by atoms with Crippen LogP contribution in [0.2, 0.25) is 5.02 Å². The molecule has 2 aromatic rings. The molecule has 0 bridgehead atoms. The van der Waals surface area contributed by atoms with E-state index in [9.17, 15) is 27.6 Å². The van der Waals surface area contributed by atoms with Crippen LogP contribution in [0, 0.1) is 11.8 Å². The normalized spacial score (nSPS) is 23.2. The molecule has 2 aliphatic heterocycles. The van der Waals surface area contributed by atoms with Crippen molar-refractivity contribution in [3.63, 3.8) is 0 Å². The van der Waals surface area contributed by atoms with Crippen molar-refractivity contribution >= 4 is 51.0 Å². The van der Waals surface area contributed by atoms with Crippen molar-refractivity contribution in [1.29, 1.82) is 0 Å². The second kappa shape index (κ2) is 15.0. The van der Waals surface area contributed by atoms with E-state index in [0.717, 1.165) is 56.9 Å². The van der Waals surface area contributed by atoms with Crippen molar-refractivity contribution in [3.8, 4) is 0 Å². The van der Waals surface area contributed by atoms with E-state index in [0.29, 0.717) is 36.6 Å². The van der Waals surface area contributed by atoms with Crippen molar-refractivity contribution in [1.82, 2.24) is 19.8 Å². The number of ketones is 1. The topological polar surface area (TPSA) is 171 Å². The van der Waals surface area contributed by atoms with Crippen molar-refractivity contribution in [2.75, 3.05) is 19.6 Å². The largest absolute Gasteiger partial charge is 0.363 e. The molecule has 0 aromatic heterocycles. The number of aliphatic imine (C=N–C) groups is 1. The van der Waals surface area contributed by atoms with Gasteiger partial charge in [-0.2, -0.15) is 0 Å². The van der Waals surface area contributed by atoms with Crippen LogP contribution in [0.4, 0.5) is 0 Å². The third-order valence-electron chi connectivity index (χ3n) is 10.4. The zero-order chi connectivity index (χ0) is 34.7. The highest BCUT2D eigenvalue weighted by molar-refractivity contribution is 7.90. The van der Waals surface area contributed by atoms with Crippen molar-refractivity contribution in [2.24, 2.45) is 22.6 Å². The van der Waals surface area contributed by atoms with E-state index in [1.54, 1.807) is 35.2 Å². The van der Waals surface area contributed by atoms with E-state index in [1.807, 2.05) is 17.0 Å². The standard InChI is InChI=1S/C35H43ClN6O6S/c36-25-15-13-23(14-16-25)20-41-17-18-42(21-28(41)34(45)38-27(31(43)32(37)44)19-22-7-6-8-22)35(46)30(24-9-2-1-3-10-24)39-33-26-11-4-5-12-29(26)49(47,48)40-33/h4-5,11-16,22,24,27-28,30H,1-3,6-10,17-21H2,(H2,37,44)(H,38,45)(H,39,40)/t27?,28-,30+/m1/s1. The molecule has 1 saturated heterocycles. The van der Waals surface area contributed by atoms with Crippen LogP contribution >= 0.6 is 11.6 Å². The fraction of sp³-hybridized carbons (Fsp3) is 0.514. The summed E-state index contributed by atoms with van der Waals surface area (Å²) in [5, 5.41) is 3.41. The zero-order valence-electron chi connectivity index (χ0n) is 27.4. The second-order valence-electron chi connectivity index (χ2n) is 13.6. The number of hydrogen-bond acceptors (Lipinski definition) is 8. The zero-order valence-corrected chi connectivity index (χ0v) is 28.9. The smallest absolute Gasteiger partial charge is 0.287 e. The lowest BCUT2D eigenvalue weighted by Gasteiger charge is -2.42. The minimum Gasteiger partial charge on any atom is -0.363 e. The van der Waals surface area contributed by atoms with Crippen molar-refractivity contribution in [2.45, 2.75) is 87.4 Å². The molecule has 12 nitrogen and oxygen atoms in total. The lowest BCUT2D eigenvalue weighted by molar-refractivity contribution is -0.142. The Morgan fingerprint density at radius 3 is 2.35 bits per heavy atom. The van der Waals surface area contributed by atoms with Gasteiger partial charge in [0.2, 0.25) is 17.6 Å². The Balaban J connectivity index is 1.28. The fourth-order valence-electron chi connectivity index (χ4n) is 7.38. The number of fused-ring (bicyclic) bond motifs is 1. The lowest BCUT2D eigenvalue weighted by atomic mass is 9.80. The number of carbonyl (C=O) groups excluding carboxylic acids is 4. The van der Waals surface area contributed by atoms with E-state index in [-0.39, 0.29) is 35.0 Å². The van der Waals surface area contributed by atoms with Gasteiger partial charge in [-0.15, -0.1) is 0 Å². The summed E-state index contributed by atoms with van der Waals surface area (Å²) in [4.78, 5) is 61.9. The van der Waals surface area contributed by atoms with Crippen LogP contribution < -0.4 is 15.8 Å². The number of nitrogens with zero attached hydrogens (tertiary/aromatic N) is 3. The van der Waals surface area contributed by atoms with Crippen LogP contribution in [0.25, 0.3) is 0 Å². The molecule has 49 heavy (non-hydrogen) atoms. The number of nitrogens with two attached hydrogens (primary N) is 1. The molecule has 4 aliphatic rings. The van der Waals surface area contributed by atoms with Gasteiger partial charge in [0.25, 0.3) is 15.9 Å². The first-order valence-corrected chi connectivity index (χ1v) is 19.0. The number of Topliss-reactive ketones (excluding diaryl/α,β-unsaturated/α-hetero) is 1. The third kappa shape index (κ3) is 7.99. The van der Waals surface area contributed by atoms with E-state index >= 15 is 0 Å². The van der Waals surface area contributed by atoms with E-state index in [4.69, 9.17) is 22.3 Å². The first kappa shape index (κ1) is 35.0. The van der Waals surface area contributed by atoms with Crippen LogP contribution in [0.15, 0.2) is 58.4 Å². The minimum atomic E-state index is -3.81. The number of carbonyl (C=O) groups is 4. The average Bonchev–Trinajstić information content (AvgIpc) is 3.34. The monoisotopic (exact) mass is 710 g/mol. The maximum Gasteiger partial charge on any atom is 0.287 e. The molecule has 2 heterocycles. The van der Waals surface area contributed by atoms with Gasteiger partial charge in [-0.05, 0) is 60.9 Å². The van der Waals surface area contributed by atoms with Gasteiger partial charge < -0.3 is 16.0 Å². The number of piperazine rings is 1. The van der Waals surface area contributed by atoms with Crippen LogP contribution in [-0.4, -0.2) is 85.3 Å². The number of amides is 3. The summed E-state index contributed by atoms with van der Waals surface area (Å²) >= 11 is 6.12. The second-order valence-corrected chi connectivity index (χ2v) is 15.7. The van der Waals surface area contributed by atoms with Crippen LogP contribution in [0.1, 0.15) is 68.9 Å². The SMILES string of the molecule is NC(=O)C(=O)C(CC1CCC1)NC(=O)[C@H]1CN(C(=O)[C@@H](N=C2NS(=O)(=O)c3ccccc32)C2CCCCC2)CCN1Cc1ccc(Cl)cc1. The van der Waals surface area contributed by atoms with Gasteiger partial charge >= 0.3 is 0 Å². The summed E-state index contributed by atoms with van der Waals surface area (Å²) in [6.45, 7) is 1.09. The summed E-state index contributed by atoms with van der Waals surface area (Å²) in [6, 6.07) is 11.1. The predicted molar refractivity (Wildman–Crippen MR) is 184 cm³/mol. The number of sulfonamides is 1. The first-order chi connectivity index (χ1) is 23.5. The summed E-state index contributed by atoms with van der Waals surface area (Å²) in [7, 11) is -3.81. The van der Waals surface area contributed by atoms with Crippen molar-refractivity contribution in [3.05, 3.63) is 64.7 Å². The summed E-state index contributed by atoms with van der Waals surface area (Å²) in [6.07, 6.45) is 7.69. The number of rotatable bonds is 11. The molecule has 0 radical (unpaired) electrons. The highest BCUT2D eigenvalue weighted by Crippen LogP contribution is 2.33. The van der Waals surface area contributed by atoms with E-state index in [1.165, 1.54) is 6.07 Å². The predicted octanol–water partition coefficient (Wildman–Crippen LogP) is 2.77. The summed E-state index contributed by atoms with van der Waals surface area (Å²) in [5.41, 5.74) is 6.72. The van der Waals surface area contributed by atoms with Gasteiger partial charge in [0.15, 0.2) is 0 Å². The third-order valence-corrected chi connectivity index (χ3v) is 12.0. The maximum absolute atomic E-state index is 14.5. The molecule has 3 amide bonds. The molecule has 4 N–H and O–H groups in total. The molecule has 3 fully saturated rings. The van der Waals surface area contributed by atoms with Crippen molar-refractivity contribution < 1.29 is 27.6 Å². The Morgan fingerprint density at radius 2 is 1.67 bits per heavy atom. The summed E-state index contributed by atoms with van der Waals surface area (Å²) in [5.74, 6) is -2.39. The van der Waals surface area contributed by atoms with Gasteiger partial charge in [-0.25, -0.2) is 8.42 Å². The Hall–Kier alpha value is -3.81. The Morgan fingerprint density at radius 1 is 0.959 bits per heavy atom. The van der Waals surface area contributed by atoms with Gasteiger partial charge in [-0.3, -0.25) is 33.8 Å². The number of halogens is 1. The van der Waals surface area contributed by atoms with Gasteiger partial charge in [0.1, 0.15) is 17.9 Å². The highest BCUT2D eigenvalue weighted by atomic mass is 35.5. The van der Waals surface area contributed by atoms with Gasteiger partial charge in [0.05, 0.1) is 10.9 Å². The number of nitrogens with one attached hydrogen (secondary N) is 2. The first-order valence-electron chi connectivity index (χ1n) is 17.1. The molecule has 6 rings (SSSR count). The number of benzene rings is 2. The molecular formula is C35H43ClN6O6S. The molecule has 2 aromatic carbocycles. The molecule has 2 aliphatic carbocycles. The minimum absolute atomic E-state index is 0.0234. The Labute approximate surface area is 291 Å². The number of amidine groups is 1. The van der Waals surface area contributed by atoms with Crippen LogP contribution in [0.5, 0.6) is 0 Å². The molecule has 262 valence electrons. The highest BCUT2D eigenvalue weighted by Gasteiger charge is 2.41.